The molecule has 1 aromatic carbocycles. The molecule has 2 aromatic rings. The number of benzene rings is 1. The zero-order valence-corrected chi connectivity index (χ0v) is 11.7. The van der Waals surface area contributed by atoms with Crippen LogP contribution in [0, 0.1) is 0 Å². The van der Waals surface area contributed by atoms with Gasteiger partial charge in [-0.2, -0.15) is 4.09 Å². The van der Waals surface area contributed by atoms with Crippen molar-refractivity contribution < 1.29 is 13.2 Å². The van der Waals surface area contributed by atoms with E-state index in [4.69, 9.17) is 5.73 Å². The van der Waals surface area contributed by atoms with Gasteiger partial charge in [0.15, 0.2) is 5.82 Å². The second-order valence-electron chi connectivity index (χ2n) is 4.84. The summed E-state index contributed by atoms with van der Waals surface area (Å²) in [6.45, 7) is 0.671. The first-order valence-corrected chi connectivity index (χ1v) is 8.02. The standard InChI is InChI=1S/C12H14N4O3S/c1-20(18,19)16-10-5-4-8(7-9(10)12(13)14-16)15-6-2-3-11(15)17/h4-5,7H,2-3,6H2,1H3,(H2,13,14). The molecule has 1 aliphatic heterocycles. The lowest BCUT2D eigenvalue weighted by Gasteiger charge is -2.15. The fourth-order valence-corrected chi connectivity index (χ4v) is 3.20. The van der Waals surface area contributed by atoms with Gasteiger partial charge in [-0.15, -0.1) is 5.10 Å². The number of nitrogens with zero attached hydrogens (tertiary/aromatic N) is 3. The van der Waals surface area contributed by atoms with Gasteiger partial charge in [0.05, 0.1) is 11.8 Å². The van der Waals surface area contributed by atoms with Crippen LogP contribution in [-0.4, -0.2) is 36.3 Å². The highest BCUT2D eigenvalue weighted by Crippen LogP contribution is 2.29. The number of hydrogen-bond donors (Lipinski definition) is 1. The lowest BCUT2D eigenvalue weighted by atomic mass is 10.2. The number of nitrogens with two attached hydrogens (primary N) is 1. The van der Waals surface area contributed by atoms with Crippen molar-refractivity contribution in [2.24, 2.45) is 0 Å². The Morgan fingerprint density at radius 3 is 2.70 bits per heavy atom. The van der Waals surface area contributed by atoms with Crippen molar-refractivity contribution in [1.29, 1.82) is 0 Å². The summed E-state index contributed by atoms with van der Waals surface area (Å²) in [6, 6.07) is 5.05. The van der Waals surface area contributed by atoms with Crippen LogP contribution in [-0.2, 0) is 14.8 Å². The molecule has 0 aliphatic carbocycles. The quantitative estimate of drug-likeness (QED) is 0.872. The zero-order chi connectivity index (χ0) is 14.5. The SMILES string of the molecule is CS(=O)(=O)n1nc(N)c2cc(N3CCCC3=O)ccc21. The molecule has 0 bridgehead atoms. The highest BCUT2D eigenvalue weighted by molar-refractivity contribution is 7.89. The van der Waals surface area contributed by atoms with E-state index in [1.165, 1.54) is 0 Å². The predicted octanol–water partition coefficient (Wildman–Crippen LogP) is 0.553. The molecule has 2 N–H and O–H groups in total. The van der Waals surface area contributed by atoms with E-state index in [0.29, 0.717) is 23.9 Å². The summed E-state index contributed by atoms with van der Waals surface area (Å²) in [7, 11) is -3.51. The summed E-state index contributed by atoms with van der Waals surface area (Å²) < 4.78 is 24.2. The number of carbonyl (C=O) groups is 1. The Kier molecular flexibility index (Phi) is 2.72. The number of carbonyl (C=O) groups excluding carboxylic acids is 1. The topological polar surface area (TPSA) is 98.3 Å². The van der Waals surface area contributed by atoms with Crippen molar-refractivity contribution in [3.63, 3.8) is 0 Å². The third-order valence-corrected chi connectivity index (χ3v) is 4.27. The molecule has 20 heavy (non-hydrogen) atoms. The number of aromatic nitrogens is 2. The van der Waals surface area contributed by atoms with Crippen molar-refractivity contribution in [3.05, 3.63) is 18.2 Å². The maximum Gasteiger partial charge on any atom is 0.251 e. The van der Waals surface area contributed by atoms with Crippen molar-refractivity contribution in [2.45, 2.75) is 12.8 Å². The summed E-state index contributed by atoms with van der Waals surface area (Å²) in [4.78, 5) is 13.4. The van der Waals surface area contributed by atoms with E-state index < -0.39 is 10.0 Å². The first-order valence-electron chi connectivity index (χ1n) is 6.17. The van der Waals surface area contributed by atoms with Crippen LogP contribution in [0.4, 0.5) is 11.5 Å². The Balaban J connectivity index is 2.18. The minimum atomic E-state index is -3.51. The summed E-state index contributed by atoms with van der Waals surface area (Å²) in [5, 5.41) is 4.39. The Bertz CT molecular complexity index is 809. The van der Waals surface area contributed by atoms with Crippen LogP contribution < -0.4 is 10.6 Å². The number of amides is 1. The van der Waals surface area contributed by atoms with Crippen LogP contribution in [0.15, 0.2) is 18.2 Å². The van der Waals surface area contributed by atoms with Gasteiger partial charge in [0.25, 0.3) is 10.0 Å². The average Bonchev–Trinajstić information content (AvgIpc) is 2.93. The third-order valence-electron chi connectivity index (χ3n) is 3.36. The Morgan fingerprint density at radius 2 is 2.10 bits per heavy atom. The minimum absolute atomic E-state index is 0.0680. The number of anilines is 2. The number of hydrogen-bond acceptors (Lipinski definition) is 5. The molecule has 7 nitrogen and oxygen atoms in total. The van der Waals surface area contributed by atoms with Crippen molar-refractivity contribution in [1.82, 2.24) is 9.19 Å². The van der Waals surface area contributed by atoms with Gasteiger partial charge in [0.1, 0.15) is 0 Å². The molecule has 106 valence electrons. The van der Waals surface area contributed by atoms with Crippen LogP contribution in [0.1, 0.15) is 12.8 Å². The summed E-state index contributed by atoms with van der Waals surface area (Å²) >= 11 is 0. The molecule has 1 fully saturated rings. The maximum atomic E-state index is 11.7. The van der Waals surface area contributed by atoms with Gasteiger partial charge in [0.2, 0.25) is 5.91 Å². The van der Waals surface area contributed by atoms with Crippen molar-refractivity contribution in [3.8, 4) is 0 Å². The van der Waals surface area contributed by atoms with Gasteiger partial charge in [-0.05, 0) is 24.6 Å². The van der Waals surface area contributed by atoms with Crippen molar-refractivity contribution >= 4 is 38.3 Å². The lowest BCUT2D eigenvalue weighted by Crippen LogP contribution is -2.23. The Hall–Kier alpha value is -2.09. The van der Waals surface area contributed by atoms with Crippen LogP contribution in [0.3, 0.4) is 0 Å². The molecular formula is C12H14N4O3S. The molecule has 3 rings (SSSR count). The van der Waals surface area contributed by atoms with E-state index >= 15 is 0 Å². The second kappa shape index (κ2) is 4.20. The highest BCUT2D eigenvalue weighted by atomic mass is 32.2. The molecule has 8 heteroatoms. The van der Waals surface area contributed by atoms with Crippen LogP contribution in [0.5, 0.6) is 0 Å². The molecule has 1 saturated heterocycles. The predicted molar refractivity (Wildman–Crippen MR) is 76.0 cm³/mol. The normalized spacial score (nSPS) is 16.2. The van der Waals surface area contributed by atoms with Crippen LogP contribution in [0.25, 0.3) is 10.9 Å². The van der Waals surface area contributed by atoms with Gasteiger partial charge < -0.3 is 10.6 Å². The summed E-state index contributed by atoms with van der Waals surface area (Å²) in [5.41, 5.74) is 6.92. The summed E-state index contributed by atoms with van der Waals surface area (Å²) in [5.74, 6) is 0.206. The average molecular weight is 294 g/mol. The van der Waals surface area contributed by atoms with E-state index in [-0.39, 0.29) is 11.7 Å². The third kappa shape index (κ3) is 1.92. The molecule has 1 amide bonds. The Morgan fingerprint density at radius 1 is 1.35 bits per heavy atom. The lowest BCUT2D eigenvalue weighted by molar-refractivity contribution is -0.117. The van der Waals surface area contributed by atoms with E-state index in [9.17, 15) is 13.2 Å². The smallest absolute Gasteiger partial charge is 0.251 e. The largest absolute Gasteiger partial charge is 0.382 e. The van der Waals surface area contributed by atoms with E-state index in [0.717, 1.165) is 22.5 Å². The Labute approximate surface area is 116 Å². The number of fused-ring (bicyclic) bond motifs is 1. The molecule has 1 aromatic heterocycles. The first kappa shape index (κ1) is 12.9. The zero-order valence-electron chi connectivity index (χ0n) is 10.9. The van der Waals surface area contributed by atoms with Gasteiger partial charge in [-0.25, -0.2) is 8.42 Å². The molecule has 0 unspecified atom stereocenters. The molecule has 2 heterocycles. The molecule has 0 saturated carbocycles. The van der Waals surface area contributed by atoms with Crippen molar-refractivity contribution in [2.75, 3.05) is 23.4 Å². The second-order valence-corrected chi connectivity index (χ2v) is 6.65. The number of nitrogen functional groups attached to an aromatic ring is 1. The van der Waals surface area contributed by atoms with E-state index in [1.54, 1.807) is 23.1 Å². The van der Waals surface area contributed by atoms with Gasteiger partial charge in [-0.1, -0.05) is 0 Å². The minimum Gasteiger partial charge on any atom is -0.382 e. The highest BCUT2D eigenvalue weighted by Gasteiger charge is 2.23. The first-order chi connectivity index (χ1) is 9.38. The number of rotatable bonds is 2. The van der Waals surface area contributed by atoms with Gasteiger partial charge >= 0.3 is 0 Å². The van der Waals surface area contributed by atoms with E-state index in [1.807, 2.05) is 0 Å². The maximum absolute atomic E-state index is 11.7. The van der Waals surface area contributed by atoms with Crippen LogP contribution >= 0.6 is 0 Å². The van der Waals surface area contributed by atoms with Gasteiger partial charge in [0, 0.05) is 24.0 Å². The van der Waals surface area contributed by atoms with E-state index in [2.05, 4.69) is 5.10 Å². The molecule has 1 aliphatic rings. The fourth-order valence-electron chi connectivity index (χ4n) is 2.44. The van der Waals surface area contributed by atoms with Crippen LogP contribution in [0.2, 0.25) is 0 Å². The molecule has 0 atom stereocenters. The fraction of sp³-hybridized carbons (Fsp3) is 0.333. The monoisotopic (exact) mass is 294 g/mol. The molecule has 0 radical (unpaired) electrons. The summed E-state index contributed by atoms with van der Waals surface area (Å²) in [6.07, 6.45) is 2.43. The molecular weight excluding hydrogens is 280 g/mol. The van der Waals surface area contributed by atoms with Gasteiger partial charge in [-0.3, -0.25) is 4.79 Å². The molecule has 0 spiro atoms.